The minimum absolute atomic E-state index is 0.260. The van der Waals surface area contributed by atoms with E-state index in [1.807, 2.05) is 30.3 Å². The fourth-order valence-electron chi connectivity index (χ4n) is 2.07. The van der Waals surface area contributed by atoms with E-state index < -0.39 is 0 Å². The lowest BCUT2D eigenvalue weighted by atomic mass is 10.3. The quantitative estimate of drug-likeness (QED) is 0.733. The van der Waals surface area contributed by atoms with Gasteiger partial charge in [-0.05, 0) is 24.3 Å². The smallest absolute Gasteiger partial charge is 0.273 e. The Hall–Kier alpha value is -3.15. The topological polar surface area (TPSA) is 79.9 Å². The van der Waals surface area contributed by atoms with Crippen molar-refractivity contribution in [2.75, 3.05) is 6.54 Å². The van der Waals surface area contributed by atoms with E-state index in [4.69, 9.17) is 4.74 Å². The van der Waals surface area contributed by atoms with Gasteiger partial charge in [0.25, 0.3) is 5.91 Å². The predicted octanol–water partition coefficient (Wildman–Crippen LogP) is 2.57. The standard InChI is InChI=1S/C17H16N4O2/c22-17(21-10-8-15-18-11-12-19-15)16-14(7-4-9-20-16)23-13-5-2-1-3-6-13/h1-7,9,11-12H,8,10H2,(H,18,19)(H,21,22). The first-order valence-electron chi connectivity index (χ1n) is 7.27. The molecule has 6 heteroatoms. The number of benzene rings is 1. The van der Waals surface area contributed by atoms with E-state index in [9.17, 15) is 4.79 Å². The highest BCUT2D eigenvalue weighted by Crippen LogP contribution is 2.23. The number of nitrogens with zero attached hydrogens (tertiary/aromatic N) is 2. The highest BCUT2D eigenvalue weighted by atomic mass is 16.5. The molecule has 0 aliphatic carbocycles. The number of rotatable bonds is 6. The third-order valence-corrected chi connectivity index (χ3v) is 3.16. The summed E-state index contributed by atoms with van der Waals surface area (Å²) in [4.78, 5) is 23.5. The number of aromatic nitrogens is 3. The minimum Gasteiger partial charge on any atom is -0.455 e. The number of amides is 1. The van der Waals surface area contributed by atoms with Crippen molar-refractivity contribution in [3.05, 3.63) is 72.6 Å². The Kier molecular flexibility index (Phi) is 4.63. The van der Waals surface area contributed by atoms with Crippen LogP contribution in [-0.2, 0) is 6.42 Å². The first-order chi connectivity index (χ1) is 11.3. The molecule has 0 bridgehead atoms. The van der Waals surface area contributed by atoms with Gasteiger partial charge >= 0.3 is 0 Å². The van der Waals surface area contributed by atoms with Crippen LogP contribution in [0.5, 0.6) is 11.5 Å². The van der Waals surface area contributed by atoms with Crippen LogP contribution in [0, 0.1) is 0 Å². The van der Waals surface area contributed by atoms with Gasteiger partial charge in [0.05, 0.1) is 0 Å². The largest absolute Gasteiger partial charge is 0.455 e. The summed E-state index contributed by atoms with van der Waals surface area (Å²) in [6.07, 6.45) is 5.63. The van der Waals surface area contributed by atoms with Crippen LogP contribution in [-0.4, -0.2) is 27.4 Å². The molecule has 2 heterocycles. The third kappa shape index (κ3) is 3.94. The average Bonchev–Trinajstić information content (AvgIpc) is 3.09. The van der Waals surface area contributed by atoms with Gasteiger partial charge < -0.3 is 15.0 Å². The van der Waals surface area contributed by atoms with Crippen molar-refractivity contribution in [1.29, 1.82) is 0 Å². The summed E-state index contributed by atoms with van der Waals surface area (Å²) in [7, 11) is 0. The number of aromatic amines is 1. The van der Waals surface area contributed by atoms with E-state index in [1.54, 1.807) is 30.7 Å². The van der Waals surface area contributed by atoms with E-state index in [1.165, 1.54) is 0 Å². The molecule has 0 atom stereocenters. The SMILES string of the molecule is O=C(NCCc1ncc[nH]1)c1ncccc1Oc1ccccc1. The normalized spacial score (nSPS) is 10.3. The van der Waals surface area contributed by atoms with Crippen molar-refractivity contribution in [2.24, 2.45) is 0 Å². The zero-order valence-corrected chi connectivity index (χ0v) is 12.4. The number of nitrogens with one attached hydrogen (secondary N) is 2. The molecule has 1 aromatic carbocycles. The summed E-state index contributed by atoms with van der Waals surface area (Å²) in [6.45, 7) is 0.466. The molecule has 6 nitrogen and oxygen atoms in total. The fraction of sp³-hybridized carbons (Fsp3) is 0.118. The van der Waals surface area contributed by atoms with Crippen LogP contribution >= 0.6 is 0 Å². The zero-order valence-electron chi connectivity index (χ0n) is 12.4. The predicted molar refractivity (Wildman–Crippen MR) is 85.4 cm³/mol. The van der Waals surface area contributed by atoms with Crippen LogP contribution in [0.3, 0.4) is 0 Å². The van der Waals surface area contributed by atoms with Crippen molar-refractivity contribution in [3.63, 3.8) is 0 Å². The molecule has 2 N–H and O–H groups in total. The van der Waals surface area contributed by atoms with Gasteiger partial charge in [0.15, 0.2) is 11.4 Å². The summed E-state index contributed by atoms with van der Waals surface area (Å²) < 4.78 is 5.74. The van der Waals surface area contributed by atoms with E-state index in [0.29, 0.717) is 24.5 Å². The Morgan fingerprint density at radius 2 is 1.96 bits per heavy atom. The lowest BCUT2D eigenvalue weighted by Crippen LogP contribution is -2.27. The molecule has 3 aromatic rings. The van der Waals surface area contributed by atoms with E-state index in [-0.39, 0.29) is 11.6 Å². The lowest BCUT2D eigenvalue weighted by molar-refractivity contribution is 0.0946. The van der Waals surface area contributed by atoms with Crippen LogP contribution in [0.25, 0.3) is 0 Å². The average molecular weight is 308 g/mol. The molecule has 1 amide bonds. The summed E-state index contributed by atoms with van der Waals surface area (Å²) in [6, 6.07) is 12.7. The molecule has 0 aliphatic heterocycles. The molecular formula is C17H16N4O2. The second kappa shape index (κ2) is 7.22. The Labute approximate surface area is 133 Å². The van der Waals surface area contributed by atoms with E-state index in [2.05, 4.69) is 20.3 Å². The molecule has 3 rings (SSSR count). The van der Waals surface area contributed by atoms with Crippen molar-refractivity contribution < 1.29 is 9.53 Å². The van der Waals surface area contributed by atoms with Crippen LogP contribution in [0.4, 0.5) is 0 Å². The van der Waals surface area contributed by atoms with Gasteiger partial charge in [-0.15, -0.1) is 0 Å². The van der Waals surface area contributed by atoms with Gasteiger partial charge in [-0.2, -0.15) is 0 Å². The van der Waals surface area contributed by atoms with Crippen LogP contribution < -0.4 is 10.1 Å². The number of H-pyrrole nitrogens is 1. The van der Waals surface area contributed by atoms with Crippen molar-refractivity contribution in [1.82, 2.24) is 20.3 Å². The lowest BCUT2D eigenvalue weighted by Gasteiger charge is -2.10. The number of hydrogen-bond donors (Lipinski definition) is 2. The molecule has 0 unspecified atom stereocenters. The molecule has 23 heavy (non-hydrogen) atoms. The number of carbonyl (C=O) groups is 1. The highest BCUT2D eigenvalue weighted by Gasteiger charge is 2.14. The fourth-order valence-corrected chi connectivity index (χ4v) is 2.07. The number of ether oxygens (including phenoxy) is 1. The van der Waals surface area contributed by atoms with E-state index in [0.717, 1.165) is 5.82 Å². The monoisotopic (exact) mass is 308 g/mol. The van der Waals surface area contributed by atoms with Gasteiger partial charge in [0, 0.05) is 31.6 Å². The summed E-state index contributed by atoms with van der Waals surface area (Å²) >= 11 is 0. The maximum Gasteiger partial charge on any atom is 0.273 e. The number of carbonyl (C=O) groups excluding carboxylic acids is 1. The molecule has 0 saturated heterocycles. The molecular weight excluding hydrogens is 292 g/mol. The molecule has 0 radical (unpaired) electrons. The second-order valence-electron chi connectivity index (χ2n) is 4.81. The molecule has 0 spiro atoms. The Balaban J connectivity index is 1.65. The molecule has 0 fully saturated rings. The highest BCUT2D eigenvalue weighted by molar-refractivity contribution is 5.94. The zero-order chi connectivity index (χ0) is 15.9. The maximum atomic E-state index is 12.3. The summed E-state index contributed by atoms with van der Waals surface area (Å²) in [5.74, 6) is 1.63. The minimum atomic E-state index is -0.275. The number of para-hydroxylation sites is 1. The number of pyridine rings is 1. The van der Waals surface area contributed by atoms with Gasteiger partial charge in [0.1, 0.15) is 11.6 Å². The summed E-state index contributed by atoms with van der Waals surface area (Å²) in [5.41, 5.74) is 0.260. The Bertz CT molecular complexity index is 757. The van der Waals surface area contributed by atoms with Gasteiger partial charge in [-0.25, -0.2) is 9.97 Å². The van der Waals surface area contributed by atoms with Gasteiger partial charge in [0.2, 0.25) is 0 Å². The number of hydrogen-bond acceptors (Lipinski definition) is 4. The van der Waals surface area contributed by atoms with Crippen LogP contribution in [0.15, 0.2) is 61.1 Å². The van der Waals surface area contributed by atoms with Crippen LogP contribution in [0.2, 0.25) is 0 Å². The van der Waals surface area contributed by atoms with Crippen molar-refractivity contribution in [2.45, 2.75) is 6.42 Å². The second-order valence-corrected chi connectivity index (χ2v) is 4.81. The van der Waals surface area contributed by atoms with Gasteiger partial charge in [-0.3, -0.25) is 4.79 Å². The first kappa shape index (κ1) is 14.8. The molecule has 0 aliphatic rings. The Morgan fingerprint density at radius 3 is 2.74 bits per heavy atom. The van der Waals surface area contributed by atoms with Crippen molar-refractivity contribution >= 4 is 5.91 Å². The Morgan fingerprint density at radius 1 is 1.09 bits per heavy atom. The molecule has 2 aromatic heterocycles. The first-order valence-corrected chi connectivity index (χ1v) is 7.27. The van der Waals surface area contributed by atoms with Crippen molar-refractivity contribution in [3.8, 4) is 11.5 Å². The molecule has 116 valence electrons. The van der Waals surface area contributed by atoms with Gasteiger partial charge in [-0.1, -0.05) is 18.2 Å². The number of imidazole rings is 1. The maximum absolute atomic E-state index is 12.3. The van der Waals surface area contributed by atoms with Crippen LogP contribution in [0.1, 0.15) is 16.3 Å². The van der Waals surface area contributed by atoms with E-state index >= 15 is 0 Å². The third-order valence-electron chi connectivity index (χ3n) is 3.16. The molecule has 0 saturated carbocycles. The summed E-state index contributed by atoms with van der Waals surface area (Å²) in [5, 5.41) is 2.82.